The average molecular weight is 310 g/mol. The van der Waals surface area contributed by atoms with Crippen LogP contribution >= 0.6 is 12.2 Å². The van der Waals surface area contributed by atoms with Crippen LogP contribution in [-0.4, -0.2) is 28.2 Å². The monoisotopic (exact) mass is 310 g/mol. The Labute approximate surface area is 132 Å². The number of hydrogen-bond donors (Lipinski definition) is 1. The number of rotatable bonds is 4. The van der Waals surface area contributed by atoms with E-state index in [1.165, 1.54) is 0 Å². The van der Waals surface area contributed by atoms with Gasteiger partial charge in [-0.3, -0.25) is 0 Å². The fourth-order valence-electron chi connectivity index (χ4n) is 2.07. The van der Waals surface area contributed by atoms with Crippen LogP contribution in [0.4, 0.5) is 0 Å². The lowest BCUT2D eigenvalue weighted by Crippen LogP contribution is -1.96. The van der Waals surface area contributed by atoms with Crippen molar-refractivity contribution in [3.63, 3.8) is 0 Å². The van der Waals surface area contributed by atoms with E-state index in [-0.39, 0.29) is 0 Å². The van der Waals surface area contributed by atoms with Crippen LogP contribution in [0.3, 0.4) is 0 Å². The molecule has 0 saturated heterocycles. The van der Waals surface area contributed by atoms with E-state index in [4.69, 9.17) is 17.0 Å². The predicted octanol–water partition coefficient (Wildman–Crippen LogP) is 3.50. The summed E-state index contributed by atoms with van der Waals surface area (Å²) in [5.74, 6) is 1.42. The number of benzene rings is 2. The van der Waals surface area contributed by atoms with Gasteiger partial charge >= 0.3 is 0 Å². The minimum Gasteiger partial charge on any atom is -0.496 e. The maximum Gasteiger partial charge on any atom is 0.216 e. The molecule has 0 unspecified atom stereocenters. The molecule has 0 fully saturated rings. The van der Waals surface area contributed by atoms with E-state index in [1.807, 2.05) is 54.6 Å². The van der Waals surface area contributed by atoms with Crippen LogP contribution in [0.1, 0.15) is 5.56 Å². The van der Waals surface area contributed by atoms with Gasteiger partial charge in [0.15, 0.2) is 5.82 Å². The Balaban J connectivity index is 2.01. The van der Waals surface area contributed by atoms with Crippen LogP contribution < -0.4 is 4.74 Å². The molecule has 1 aromatic heterocycles. The van der Waals surface area contributed by atoms with Gasteiger partial charge in [0.25, 0.3) is 0 Å². The molecule has 2 aromatic carbocycles. The Kier molecular flexibility index (Phi) is 4.11. The zero-order valence-corrected chi connectivity index (χ0v) is 12.7. The fraction of sp³-hybridized carbons (Fsp3) is 0.0625. The van der Waals surface area contributed by atoms with E-state index in [1.54, 1.807) is 18.0 Å². The van der Waals surface area contributed by atoms with E-state index >= 15 is 0 Å². The molecule has 110 valence electrons. The second-order valence-corrected chi connectivity index (χ2v) is 4.90. The van der Waals surface area contributed by atoms with Crippen molar-refractivity contribution in [1.29, 1.82) is 0 Å². The Bertz CT molecular complexity index is 852. The van der Waals surface area contributed by atoms with Crippen molar-refractivity contribution in [2.45, 2.75) is 0 Å². The third-order valence-electron chi connectivity index (χ3n) is 3.13. The van der Waals surface area contributed by atoms with Crippen LogP contribution in [0.5, 0.6) is 5.75 Å². The molecule has 22 heavy (non-hydrogen) atoms. The largest absolute Gasteiger partial charge is 0.496 e. The van der Waals surface area contributed by atoms with Gasteiger partial charge in [-0.25, -0.2) is 5.10 Å². The number of methoxy groups -OCH3 is 1. The summed E-state index contributed by atoms with van der Waals surface area (Å²) in [5.41, 5.74) is 1.80. The van der Waals surface area contributed by atoms with Crippen molar-refractivity contribution in [3.8, 4) is 17.1 Å². The van der Waals surface area contributed by atoms with Gasteiger partial charge in [-0.05, 0) is 24.4 Å². The Morgan fingerprint density at radius 2 is 1.86 bits per heavy atom. The van der Waals surface area contributed by atoms with Crippen LogP contribution in [0.25, 0.3) is 11.4 Å². The quantitative estimate of drug-likeness (QED) is 0.593. The molecule has 0 aliphatic carbocycles. The number of aromatic nitrogens is 3. The summed E-state index contributed by atoms with van der Waals surface area (Å²) in [6.07, 6.45) is 1.70. The summed E-state index contributed by atoms with van der Waals surface area (Å²) in [6.45, 7) is 0. The molecule has 0 amide bonds. The molecule has 1 heterocycles. The first-order valence-corrected chi connectivity index (χ1v) is 7.10. The zero-order valence-electron chi connectivity index (χ0n) is 11.9. The van der Waals surface area contributed by atoms with Crippen molar-refractivity contribution < 1.29 is 4.74 Å². The molecule has 0 spiro atoms. The Morgan fingerprint density at radius 3 is 2.64 bits per heavy atom. The first-order chi connectivity index (χ1) is 10.8. The van der Waals surface area contributed by atoms with Gasteiger partial charge in [0.05, 0.1) is 13.3 Å². The van der Waals surface area contributed by atoms with E-state index in [2.05, 4.69) is 15.3 Å². The summed E-state index contributed by atoms with van der Waals surface area (Å²) < 4.78 is 7.34. The third kappa shape index (κ3) is 2.82. The molecule has 1 N–H and O–H groups in total. The number of H-pyrrole nitrogens is 1. The smallest absolute Gasteiger partial charge is 0.216 e. The lowest BCUT2D eigenvalue weighted by Gasteiger charge is -2.04. The highest BCUT2D eigenvalue weighted by Crippen LogP contribution is 2.18. The van der Waals surface area contributed by atoms with Crippen molar-refractivity contribution in [2.75, 3.05) is 7.11 Å². The summed E-state index contributed by atoms with van der Waals surface area (Å²) in [6, 6.07) is 17.4. The minimum atomic E-state index is 0.435. The molecular weight excluding hydrogens is 296 g/mol. The first kappa shape index (κ1) is 14.2. The number of aromatic amines is 1. The van der Waals surface area contributed by atoms with Gasteiger partial charge in [0.2, 0.25) is 4.77 Å². The van der Waals surface area contributed by atoms with E-state index < -0.39 is 0 Å². The zero-order chi connectivity index (χ0) is 15.4. The number of hydrogen-bond acceptors (Lipinski definition) is 4. The number of para-hydroxylation sites is 1. The Morgan fingerprint density at radius 1 is 1.14 bits per heavy atom. The number of ether oxygens (including phenoxy) is 1. The van der Waals surface area contributed by atoms with Crippen LogP contribution in [-0.2, 0) is 0 Å². The minimum absolute atomic E-state index is 0.435. The van der Waals surface area contributed by atoms with E-state index in [0.29, 0.717) is 10.6 Å². The average Bonchev–Trinajstić information content (AvgIpc) is 2.95. The molecule has 0 saturated carbocycles. The summed E-state index contributed by atoms with van der Waals surface area (Å²) >= 11 is 5.25. The molecule has 0 bridgehead atoms. The molecular formula is C16H14N4OS. The number of nitrogens with one attached hydrogen (secondary N) is 1. The highest BCUT2D eigenvalue weighted by Gasteiger charge is 2.07. The molecule has 3 aromatic rings. The van der Waals surface area contributed by atoms with Gasteiger partial charge in [-0.1, -0.05) is 42.5 Å². The van der Waals surface area contributed by atoms with Gasteiger partial charge in [-0.15, -0.1) is 0 Å². The first-order valence-electron chi connectivity index (χ1n) is 6.70. The van der Waals surface area contributed by atoms with Crippen molar-refractivity contribution in [2.24, 2.45) is 5.10 Å². The lowest BCUT2D eigenvalue weighted by molar-refractivity contribution is 0.414. The normalized spacial score (nSPS) is 11.0. The van der Waals surface area contributed by atoms with E-state index in [9.17, 15) is 0 Å². The fourth-order valence-corrected chi connectivity index (χ4v) is 2.25. The standard InChI is InChI=1S/C16H14N4OS/c1-21-14-10-6-5-9-13(14)11-17-20-15(18-19-16(20)22)12-7-3-2-4-8-12/h2-11H,1H3,(H,19,22). The van der Waals surface area contributed by atoms with Crippen molar-refractivity contribution in [3.05, 3.63) is 64.9 Å². The highest BCUT2D eigenvalue weighted by atomic mass is 32.1. The number of nitrogens with zero attached hydrogens (tertiary/aromatic N) is 3. The summed E-state index contributed by atoms with van der Waals surface area (Å²) in [4.78, 5) is 0. The van der Waals surface area contributed by atoms with Gasteiger partial charge in [0, 0.05) is 11.1 Å². The highest BCUT2D eigenvalue weighted by molar-refractivity contribution is 7.71. The molecule has 0 aliphatic rings. The van der Waals surface area contributed by atoms with Crippen LogP contribution in [0, 0.1) is 4.77 Å². The van der Waals surface area contributed by atoms with Gasteiger partial charge < -0.3 is 4.74 Å². The van der Waals surface area contributed by atoms with Crippen molar-refractivity contribution in [1.82, 2.24) is 14.9 Å². The molecule has 0 atom stereocenters. The van der Waals surface area contributed by atoms with E-state index in [0.717, 1.165) is 16.9 Å². The van der Waals surface area contributed by atoms with Crippen LogP contribution in [0.15, 0.2) is 59.7 Å². The maximum atomic E-state index is 5.31. The summed E-state index contributed by atoms with van der Waals surface area (Å²) in [5, 5.41) is 11.4. The second-order valence-electron chi connectivity index (χ2n) is 4.52. The maximum absolute atomic E-state index is 5.31. The SMILES string of the molecule is COc1ccccc1C=Nn1c(-c2ccccc2)n[nH]c1=S. The predicted molar refractivity (Wildman–Crippen MR) is 88.8 cm³/mol. The molecule has 0 radical (unpaired) electrons. The van der Waals surface area contributed by atoms with Crippen molar-refractivity contribution >= 4 is 18.4 Å². The Hall–Kier alpha value is -2.73. The molecule has 5 nitrogen and oxygen atoms in total. The topological polar surface area (TPSA) is 55.2 Å². The lowest BCUT2D eigenvalue weighted by atomic mass is 10.2. The molecule has 6 heteroatoms. The second kappa shape index (κ2) is 6.36. The molecule has 0 aliphatic heterocycles. The van der Waals surface area contributed by atoms with Crippen LogP contribution in [0.2, 0.25) is 0 Å². The molecule has 3 rings (SSSR count). The summed E-state index contributed by atoms with van der Waals surface area (Å²) in [7, 11) is 1.63. The van der Waals surface area contributed by atoms with Gasteiger partial charge in [-0.2, -0.15) is 14.9 Å². The van der Waals surface area contributed by atoms with Gasteiger partial charge in [0.1, 0.15) is 5.75 Å². The third-order valence-corrected chi connectivity index (χ3v) is 3.40.